The molecule has 9 heteroatoms. The number of hydrogen-bond donors (Lipinski definition) is 3. The number of thiazole rings is 1. The first kappa shape index (κ1) is 34.2. The van der Waals surface area contributed by atoms with Gasteiger partial charge in [0.1, 0.15) is 10.9 Å². The molecule has 6 aromatic carbocycles. The minimum atomic E-state index is -0.612. The van der Waals surface area contributed by atoms with E-state index in [0.717, 1.165) is 38.1 Å². The van der Waals surface area contributed by atoms with Gasteiger partial charge < -0.3 is 16.0 Å². The summed E-state index contributed by atoms with van der Waals surface area (Å²) in [6.45, 7) is 0. The summed E-state index contributed by atoms with van der Waals surface area (Å²) in [5, 5.41) is 12.9. The Balaban J connectivity index is 1.09. The van der Waals surface area contributed by atoms with E-state index in [9.17, 15) is 14.4 Å². The van der Waals surface area contributed by atoms with E-state index in [1.54, 1.807) is 36.4 Å². The molecule has 52 heavy (non-hydrogen) atoms. The Kier molecular flexibility index (Phi) is 10.6. The lowest BCUT2D eigenvalue weighted by atomic mass is 10.1. The Bertz CT molecular complexity index is 2380. The Morgan fingerprint density at radius 2 is 1.37 bits per heavy atom. The highest BCUT2D eigenvalue weighted by molar-refractivity contribution is 8.00. The van der Waals surface area contributed by atoms with Crippen molar-refractivity contribution in [2.45, 2.75) is 10.1 Å². The summed E-state index contributed by atoms with van der Waals surface area (Å²) in [5.74, 6) is -1.11. The molecule has 1 heterocycles. The largest absolute Gasteiger partial charge is 0.321 e. The highest BCUT2D eigenvalue weighted by Crippen LogP contribution is 2.38. The van der Waals surface area contributed by atoms with E-state index in [1.807, 2.05) is 109 Å². The van der Waals surface area contributed by atoms with Gasteiger partial charge in [-0.25, -0.2) is 4.98 Å². The number of aromatic nitrogens is 1. The second-order valence-electron chi connectivity index (χ2n) is 11.8. The van der Waals surface area contributed by atoms with Crippen molar-refractivity contribution in [3.05, 3.63) is 185 Å². The van der Waals surface area contributed by atoms with Crippen molar-refractivity contribution in [2.75, 3.05) is 10.6 Å². The van der Waals surface area contributed by atoms with Gasteiger partial charge in [0.15, 0.2) is 5.13 Å². The van der Waals surface area contributed by atoms with Crippen molar-refractivity contribution in [3.63, 3.8) is 0 Å². The minimum Gasteiger partial charge on any atom is -0.321 e. The van der Waals surface area contributed by atoms with E-state index in [0.29, 0.717) is 16.4 Å². The molecule has 1 aromatic heterocycles. The maximum Gasteiger partial charge on any atom is 0.272 e. The smallest absolute Gasteiger partial charge is 0.272 e. The van der Waals surface area contributed by atoms with Crippen LogP contribution in [-0.4, -0.2) is 22.7 Å². The van der Waals surface area contributed by atoms with Gasteiger partial charge in [-0.05, 0) is 64.4 Å². The minimum absolute atomic E-state index is 0.0890. The first-order valence-corrected chi connectivity index (χ1v) is 18.3. The summed E-state index contributed by atoms with van der Waals surface area (Å²) in [6.07, 6.45) is 1.63. The molecule has 0 aliphatic heterocycles. The Morgan fingerprint density at radius 3 is 2.13 bits per heavy atom. The quantitative estimate of drug-likeness (QED) is 0.0915. The molecule has 0 fully saturated rings. The van der Waals surface area contributed by atoms with Crippen LogP contribution in [0.15, 0.2) is 174 Å². The molecule has 1 atom stereocenters. The van der Waals surface area contributed by atoms with Crippen LogP contribution in [0.25, 0.3) is 28.1 Å². The predicted octanol–water partition coefficient (Wildman–Crippen LogP) is 9.84. The van der Waals surface area contributed by atoms with Crippen molar-refractivity contribution in [3.8, 4) is 11.3 Å². The number of amides is 3. The number of rotatable bonds is 11. The summed E-state index contributed by atoms with van der Waals surface area (Å²) in [7, 11) is 0. The van der Waals surface area contributed by atoms with Crippen LogP contribution in [0, 0.1) is 0 Å². The summed E-state index contributed by atoms with van der Waals surface area (Å²) >= 11 is 2.74. The number of anilines is 2. The predicted molar refractivity (Wildman–Crippen MR) is 212 cm³/mol. The molecule has 0 aliphatic rings. The Hall–Kier alpha value is -6.29. The number of nitrogens with one attached hydrogen (secondary N) is 3. The fourth-order valence-corrected chi connectivity index (χ4v) is 7.33. The zero-order chi connectivity index (χ0) is 35.7. The molecule has 3 amide bonds. The molecule has 3 N–H and O–H groups in total. The molecular formula is C43H32N4O3S2. The number of fused-ring (bicyclic) bond motifs is 1. The molecule has 1 unspecified atom stereocenters. The third-order valence-corrected chi connectivity index (χ3v) is 10.1. The van der Waals surface area contributed by atoms with E-state index in [1.165, 1.54) is 23.1 Å². The zero-order valence-corrected chi connectivity index (χ0v) is 29.4. The van der Waals surface area contributed by atoms with E-state index in [4.69, 9.17) is 4.98 Å². The van der Waals surface area contributed by atoms with Crippen LogP contribution in [0.5, 0.6) is 0 Å². The van der Waals surface area contributed by atoms with Gasteiger partial charge in [-0.2, -0.15) is 0 Å². The normalized spacial score (nSPS) is 11.8. The molecule has 7 rings (SSSR count). The second-order valence-corrected chi connectivity index (χ2v) is 13.8. The fraction of sp³-hybridized carbons (Fsp3) is 0.0233. The average Bonchev–Trinajstić information content (AvgIpc) is 3.66. The number of nitrogens with zero attached hydrogens (tertiary/aromatic N) is 1. The molecule has 0 radical (unpaired) electrons. The van der Waals surface area contributed by atoms with E-state index >= 15 is 0 Å². The van der Waals surface area contributed by atoms with Crippen molar-refractivity contribution in [2.24, 2.45) is 0 Å². The maximum absolute atomic E-state index is 13.9. The van der Waals surface area contributed by atoms with Gasteiger partial charge in [-0.3, -0.25) is 14.4 Å². The summed E-state index contributed by atoms with van der Waals surface area (Å²) in [4.78, 5) is 46.1. The lowest BCUT2D eigenvalue weighted by Gasteiger charge is -2.17. The summed E-state index contributed by atoms with van der Waals surface area (Å²) in [5.41, 5.74) is 4.37. The lowest BCUT2D eigenvalue weighted by Crippen LogP contribution is -2.30. The van der Waals surface area contributed by atoms with Gasteiger partial charge in [-0.15, -0.1) is 23.1 Å². The van der Waals surface area contributed by atoms with Gasteiger partial charge in [-0.1, -0.05) is 121 Å². The highest BCUT2D eigenvalue weighted by Gasteiger charge is 2.24. The van der Waals surface area contributed by atoms with Crippen LogP contribution in [0.4, 0.5) is 10.8 Å². The molecule has 7 aromatic rings. The Labute approximate surface area is 309 Å². The molecule has 0 bridgehead atoms. The SMILES string of the molecule is O=C(Nc1cccc(SC(C(=O)Nc2nc(-c3ccc4ccccc4c3)cs2)c2ccccc2)c1)/C(=C/c1ccccc1)NC(=O)c1ccccc1. The van der Waals surface area contributed by atoms with Crippen LogP contribution in [-0.2, 0) is 9.59 Å². The van der Waals surface area contributed by atoms with Crippen LogP contribution in [0.1, 0.15) is 26.7 Å². The van der Waals surface area contributed by atoms with Crippen molar-refractivity contribution >= 4 is 68.5 Å². The first-order valence-electron chi connectivity index (χ1n) is 16.5. The highest BCUT2D eigenvalue weighted by atomic mass is 32.2. The molecular weight excluding hydrogens is 685 g/mol. The van der Waals surface area contributed by atoms with Crippen LogP contribution in [0.2, 0.25) is 0 Å². The first-order chi connectivity index (χ1) is 25.5. The molecule has 0 saturated carbocycles. The number of carbonyl (C=O) groups is 3. The molecule has 0 saturated heterocycles. The second kappa shape index (κ2) is 16.2. The zero-order valence-electron chi connectivity index (χ0n) is 27.7. The van der Waals surface area contributed by atoms with Crippen molar-refractivity contribution in [1.82, 2.24) is 10.3 Å². The van der Waals surface area contributed by atoms with Crippen molar-refractivity contribution < 1.29 is 14.4 Å². The van der Waals surface area contributed by atoms with E-state index in [2.05, 4.69) is 40.2 Å². The van der Waals surface area contributed by atoms with Gasteiger partial charge >= 0.3 is 0 Å². The lowest BCUT2D eigenvalue weighted by molar-refractivity contribution is -0.116. The van der Waals surface area contributed by atoms with E-state index < -0.39 is 17.1 Å². The third-order valence-electron chi connectivity index (χ3n) is 8.11. The fourth-order valence-electron chi connectivity index (χ4n) is 5.52. The number of benzene rings is 6. The Morgan fingerprint density at radius 1 is 0.673 bits per heavy atom. The van der Waals surface area contributed by atoms with Crippen molar-refractivity contribution in [1.29, 1.82) is 0 Å². The van der Waals surface area contributed by atoms with Crippen LogP contribution >= 0.6 is 23.1 Å². The van der Waals surface area contributed by atoms with Crippen LogP contribution < -0.4 is 16.0 Å². The maximum atomic E-state index is 13.9. The molecule has 254 valence electrons. The third kappa shape index (κ3) is 8.53. The van der Waals surface area contributed by atoms with E-state index in [-0.39, 0.29) is 11.6 Å². The average molecular weight is 717 g/mol. The molecule has 0 spiro atoms. The number of hydrogen-bond acceptors (Lipinski definition) is 6. The number of carbonyl (C=O) groups excluding carboxylic acids is 3. The van der Waals surface area contributed by atoms with Gasteiger partial charge in [0.25, 0.3) is 11.8 Å². The molecule has 0 aliphatic carbocycles. The monoisotopic (exact) mass is 716 g/mol. The number of thioether (sulfide) groups is 1. The standard InChI is InChI=1S/C43H32N4O3S2/c48-40(32-18-8-3-9-19-32)45-37(25-29-13-4-1-5-14-29)41(49)44-35-21-12-22-36(27-35)52-39(31-16-6-2-7-17-31)42(50)47-43-46-38(28-51-43)34-24-23-30-15-10-11-20-33(30)26-34/h1-28,39H,(H,44,49)(H,45,48)(H,46,47,50)/b37-25-. The molecule has 7 nitrogen and oxygen atoms in total. The topological polar surface area (TPSA) is 100 Å². The summed E-state index contributed by atoms with van der Waals surface area (Å²) < 4.78 is 0. The van der Waals surface area contributed by atoms with Gasteiger partial charge in [0.05, 0.1) is 5.69 Å². The van der Waals surface area contributed by atoms with Gasteiger partial charge in [0.2, 0.25) is 5.91 Å². The summed E-state index contributed by atoms with van der Waals surface area (Å²) in [6, 6.07) is 49.2. The van der Waals surface area contributed by atoms with Gasteiger partial charge in [0, 0.05) is 27.1 Å². The van der Waals surface area contributed by atoms with Crippen LogP contribution in [0.3, 0.4) is 0 Å².